The monoisotopic (exact) mass is 390 g/mol. The van der Waals surface area contributed by atoms with Gasteiger partial charge in [-0.25, -0.2) is 0 Å². The molecule has 1 aromatic carbocycles. The summed E-state index contributed by atoms with van der Waals surface area (Å²) in [7, 11) is 0. The topological polar surface area (TPSA) is 69.6 Å². The smallest absolute Gasteiger partial charge is 0.254 e. The minimum absolute atomic E-state index is 0.0141. The number of rotatable bonds is 5. The number of carbonyl (C=O) groups excluding carboxylic acids is 2. The minimum atomic E-state index is -0.266. The highest BCUT2D eigenvalue weighted by Crippen LogP contribution is 2.21. The van der Waals surface area contributed by atoms with Crippen molar-refractivity contribution in [2.75, 3.05) is 13.1 Å². The van der Waals surface area contributed by atoms with Gasteiger partial charge in [0.15, 0.2) is 0 Å². The molecule has 0 aliphatic rings. The van der Waals surface area contributed by atoms with E-state index in [4.69, 9.17) is 0 Å². The van der Waals surface area contributed by atoms with Gasteiger partial charge in [-0.15, -0.1) is 0 Å². The van der Waals surface area contributed by atoms with Crippen LogP contribution < -0.4 is 5.32 Å². The second kappa shape index (κ2) is 7.47. The molecule has 0 saturated heterocycles. The number of carbonyl (C=O) groups is 2. The van der Waals surface area contributed by atoms with Gasteiger partial charge in [-0.2, -0.15) is 0 Å². The van der Waals surface area contributed by atoms with E-state index in [1.54, 1.807) is 12.1 Å². The van der Waals surface area contributed by atoms with E-state index < -0.39 is 0 Å². The maximum atomic E-state index is 12.3. The highest BCUT2D eigenvalue weighted by Gasteiger charge is 2.18. The van der Waals surface area contributed by atoms with Crippen molar-refractivity contribution in [1.82, 2.24) is 10.2 Å². The number of amides is 2. The fraction of sp³-hybridized carbons (Fsp3) is 0.429. The number of benzene rings is 1. The Morgan fingerprint density at radius 1 is 1.40 bits per heavy atom. The standard InChI is InChI=1S/C14H19IN2O3/c1-4-17(8-13(19)16-9(2)3)14(20)10-5-6-11(15)12(18)7-10/h5-7,9,18H,4,8H2,1-3H3,(H,16,19). The molecule has 2 amide bonds. The molecular formula is C14H19IN2O3. The van der Waals surface area contributed by atoms with E-state index in [9.17, 15) is 14.7 Å². The van der Waals surface area contributed by atoms with E-state index in [1.807, 2.05) is 43.4 Å². The van der Waals surface area contributed by atoms with Gasteiger partial charge in [-0.1, -0.05) is 0 Å². The van der Waals surface area contributed by atoms with Crippen molar-refractivity contribution in [2.45, 2.75) is 26.8 Å². The number of phenolic OH excluding ortho intramolecular Hbond substituents is 1. The van der Waals surface area contributed by atoms with Crippen molar-refractivity contribution in [3.8, 4) is 5.75 Å². The Hall–Kier alpha value is -1.31. The molecule has 2 N–H and O–H groups in total. The summed E-state index contributed by atoms with van der Waals surface area (Å²) in [6, 6.07) is 4.78. The lowest BCUT2D eigenvalue weighted by molar-refractivity contribution is -0.122. The molecule has 0 aromatic heterocycles. The molecule has 1 aromatic rings. The Morgan fingerprint density at radius 2 is 2.05 bits per heavy atom. The van der Waals surface area contributed by atoms with E-state index in [1.165, 1.54) is 11.0 Å². The Balaban J connectivity index is 2.81. The second-order valence-electron chi connectivity index (χ2n) is 4.71. The first-order chi connectivity index (χ1) is 9.35. The van der Waals surface area contributed by atoms with Gasteiger partial charge in [0.25, 0.3) is 5.91 Å². The van der Waals surface area contributed by atoms with Crippen molar-refractivity contribution < 1.29 is 14.7 Å². The zero-order valence-electron chi connectivity index (χ0n) is 11.8. The first-order valence-corrected chi connectivity index (χ1v) is 7.50. The fourth-order valence-electron chi connectivity index (χ4n) is 1.70. The highest BCUT2D eigenvalue weighted by atomic mass is 127. The third-order valence-electron chi connectivity index (χ3n) is 2.65. The maximum Gasteiger partial charge on any atom is 0.254 e. The van der Waals surface area contributed by atoms with Gasteiger partial charge < -0.3 is 15.3 Å². The van der Waals surface area contributed by atoms with Crippen LogP contribution in [0.4, 0.5) is 0 Å². The van der Waals surface area contributed by atoms with E-state index in [-0.39, 0.29) is 30.2 Å². The Labute approximate surface area is 132 Å². The van der Waals surface area contributed by atoms with Crippen LogP contribution in [0.25, 0.3) is 0 Å². The van der Waals surface area contributed by atoms with Crippen molar-refractivity contribution >= 4 is 34.4 Å². The number of aromatic hydroxyl groups is 1. The first kappa shape index (κ1) is 16.7. The second-order valence-corrected chi connectivity index (χ2v) is 5.87. The largest absolute Gasteiger partial charge is 0.507 e. The maximum absolute atomic E-state index is 12.3. The van der Waals surface area contributed by atoms with Gasteiger partial charge in [-0.05, 0) is 61.6 Å². The summed E-state index contributed by atoms with van der Waals surface area (Å²) in [6.45, 7) is 5.99. The number of nitrogens with one attached hydrogen (secondary N) is 1. The zero-order chi connectivity index (χ0) is 15.3. The number of halogens is 1. The SMILES string of the molecule is CCN(CC(=O)NC(C)C)C(=O)c1ccc(I)c(O)c1. The molecular weight excluding hydrogens is 371 g/mol. The number of hydrogen-bond acceptors (Lipinski definition) is 3. The van der Waals surface area contributed by atoms with Gasteiger partial charge in [-0.3, -0.25) is 9.59 Å². The molecule has 5 nitrogen and oxygen atoms in total. The molecule has 110 valence electrons. The average molecular weight is 390 g/mol. The van der Waals surface area contributed by atoms with Crippen LogP contribution in [0.3, 0.4) is 0 Å². The van der Waals surface area contributed by atoms with Crippen LogP contribution in [0.2, 0.25) is 0 Å². The Bertz CT molecular complexity index is 503. The van der Waals surface area contributed by atoms with Crippen molar-refractivity contribution in [3.05, 3.63) is 27.3 Å². The Morgan fingerprint density at radius 3 is 2.55 bits per heavy atom. The highest BCUT2D eigenvalue weighted by molar-refractivity contribution is 14.1. The lowest BCUT2D eigenvalue weighted by Crippen LogP contribution is -2.42. The lowest BCUT2D eigenvalue weighted by Gasteiger charge is -2.21. The van der Waals surface area contributed by atoms with Crippen LogP contribution in [0.15, 0.2) is 18.2 Å². The molecule has 0 unspecified atom stereocenters. The molecule has 0 fully saturated rings. The van der Waals surface area contributed by atoms with E-state index >= 15 is 0 Å². The first-order valence-electron chi connectivity index (χ1n) is 6.42. The molecule has 0 radical (unpaired) electrons. The Kier molecular flexibility index (Phi) is 6.25. The van der Waals surface area contributed by atoms with Crippen LogP contribution in [-0.4, -0.2) is 41.0 Å². The van der Waals surface area contributed by atoms with Crippen LogP contribution in [0.5, 0.6) is 5.75 Å². The quantitative estimate of drug-likeness (QED) is 0.756. The van der Waals surface area contributed by atoms with Crippen LogP contribution in [0, 0.1) is 3.57 Å². The molecule has 0 heterocycles. The van der Waals surface area contributed by atoms with Crippen LogP contribution in [-0.2, 0) is 4.79 Å². The van der Waals surface area contributed by atoms with Gasteiger partial charge in [0.2, 0.25) is 5.91 Å². The average Bonchev–Trinajstić information content (AvgIpc) is 2.37. The van der Waals surface area contributed by atoms with Gasteiger partial charge in [0.05, 0.1) is 10.1 Å². The number of nitrogens with zero attached hydrogens (tertiary/aromatic N) is 1. The summed E-state index contributed by atoms with van der Waals surface area (Å²) in [5.74, 6) is -0.387. The van der Waals surface area contributed by atoms with E-state index in [0.29, 0.717) is 15.7 Å². The fourth-order valence-corrected chi connectivity index (χ4v) is 2.03. The van der Waals surface area contributed by atoms with Gasteiger partial charge in [0, 0.05) is 18.2 Å². The minimum Gasteiger partial charge on any atom is -0.507 e. The third kappa shape index (κ3) is 4.66. The summed E-state index contributed by atoms with van der Waals surface area (Å²) in [4.78, 5) is 25.5. The van der Waals surface area contributed by atoms with Gasteiger partial charge in [0.1, 0.15) is 5.75 Å². The molecule has 0 aliphatic heterocycles. The summed E-state index contributed by atoms with van der Waals surface area (Å²) in [6.07, 6.45) is 0. The molecule has 0 aliphatic carbocycles. The normalized spacial score (nSPS) is 10.4. The molecule has 0 spiro atoms. The summed E-state index contributed by atoms with van der Waals surface area (Å²) < 4.78 is 0.680. The summed E-state index contributed by atoms with van der Waals surface area (Å²) in [5, 5.41) is 12.4. The number of hydrogen-bond donors (Lipinski definition) is 2. The summed E-state index contributed by atoms with van der Waals surface area (Å²) >= 11 is 1.99. The summed E-state index contributed by atoms with van der Waals surface area (Å²) in [5.41, 5.74) is 0.377. The van der Waals surface area contributed by atoms with Crippen molar-refractivity contribution in [1.29, 1.82) is 0 Å². The predicted molar refractivity (Wildman–Crippen MR) is 85.7 cm³/mol. The number of likely N-dealkylation sites (N-methyl/N-ethyl adjacent to an activating group) is 1. The number of phenols is 1. The van der Waals surface area contributed by atoms with E-state index in [2.05, 4.69) is 5.32 Å². The molecule has 1 rings (SSSR count). The van der Waals surface area contributed by atoms with Crippen LogP contribution in [0.1, 0.15) is 31.1 Å². The molecule has 0 bridgehead atoms. The van der Waals surface area contributed by atoms with E-state index in [0.717, 1.165) is 0 Å². The molecule has 0 atom stereocenters. The van der Waals surface area contributed by atoms with Gasteiger partial charge >= 0.3 is 0 Å². The zero-order valence-corrected chi connectivity index (χ0v) is 14.0. The predicted octanol–water partition coefficient (Wildman–Crippen LogP) is 1.98. The molecule has 20 heavy (non-hydrogen) atoms. The van der Waals surface area contributed by atoms with Crippen molar-refractivity contribution in [3.63, 3.8) is 0 Å². The van der Waals surface area contributed by atoms with Crippen molar-refractivity contribution in [2.24, 2.45) is 0 Å². The third-order valence-corrected chi connectivity index (χ3v) is 3.56. The lowest BCUT2D eigenvalue weighted by atomic mass is 10.2. The van der Waals surface area contributed by atoms with Crippen LogP contribution >= 0.6 is 22.6 Å². The molecule has 0 saturated carbocycles. The molecule has 6 heteroatoms.